The van der Waals surface area contributed by atoms with Crippen LogP contribution in [0.15, 0.2) is 10.7 Å². The molecular weight excluding hydrogens is 246 g/mol. The van der Waals surface area contributed by atoms with Crippen molar-refractivity contribution < 1.29 is 9.26 Å². The molecule has 0 spiro atoms. The summed E-state index contributed by atoms with van der Waals surface area (Å²) < 4.78 is 12.5. The van der Waals surface area contributed by atoms with Gasteiger partial charge in [-0.15, -0.1) is 0 Å². The van der Waals surface area contributed by atoms with Gasteiger partial charge in [0.05, 0.1) is 6.20 Å². The summed E-state index contributed by atoms with van der Waals surface area (Å²) in [7, 11) is 1.76. The van der Waals surface area contributed by atoms with Crippen molar-refractivity contribution in [2.45, 2.75) is 32.8 Å². The van der Waals surface area contributed by atoms with Gasteiger partial charge in [-0.1, -0.05) is 12.1 Å². The van der Waals surface area contributed by atoms with E-state index in [-0.39, 0.29) is 0 Å². The van der Waals surface area contributed by atoms with Crippen molar-refractivity contribution in [1.82, 2.24) is 19.9 Å². The van der Waals surface area contributed by atoms with Crippen molar-refractivity contribution in [3.05, 3.63) is 12.0 Å². The SMILES string of the molecule is CCOC(C)(CC)c1noc(-c2cnn(C)c2N)n1. The molecule has 0 aliphatic carbocycles. The van der Waals surface area contributed by atoms with E-state index in [0.717, 1.165) is 6.42 Å². The average Bonchev–Trinajstić information content (AvgIpc) is 2.99. The van der Waals surface area contributed by atoms with Gasteiger partial charge in [-0.25, -0.2) is 0 Å². The lowest BCUT2D eigenvalue weighted by molar-refractivity contribution is -0.0403. The summed E-state index contributed by atoms with van der Waals surface area (Å²) in [6.45, 7) is 6.49. The van der Waals surface area contributed by atoms with Gasteiger partial charge in [-0.05, 0) is 20.3 Å². The standard InChI is InChI=1S/C12H19N5O2/c1-5-12(3,18-6-2)11-15-10(19-16-11)8-7-14-17(4)9(8)13/h7H,5-6,13H2,1-4H3. The van der Waals surface area contributed by atoms with Crippen LogP contribution in [0.2, 0.25) is 0 Å². The first-order valence-electron chi connectivity index (χ1n) is 6.27. The van der Waals surface area contributed by atoms with Crippen LogP contribution in [-0.4, -0.2) is 26.5 Å². The van der Waals surface area contributed by atoms with Crippen LogP contribution in [0.3, 0.4) is 0 Å². The minimum atomic E-state index is -0.548. The molecule has 0 aromatic carbocycles. The molecule has 0 saturated carbocycles. The van der Waals surface area contributed by atoms with E-state index in [9.17, 15) is 0 Å². The first-order chi connectivity index (χ1) is 9.01. The zero-order chi connectivity index (χ0) is 14.0. The molecule has 0 aliphatic rings. The summed E-state index contributed by atoms with van der Waals surface area (Å²) in [6.07, 6.45) is 2.36. The van der Waals surface area contributed by atoms with Gasteiger partial charge in [-0.2, -0.15) is 10.1 Å². The van der Waals surface area contributed by atoms with Crippen molar-refractivity contribution in [2.24, 2.45) is 7.05 Å². The highest BCUT2D eigenvalue weighted by atomic mass is 16.5. The van der Waals surface area contributed by atoms with Gasteiger partial charge in [0.15, 0.2) is 0 Å². The monoisotopic (exact) mass is 265 g/mol. The van der Waals surface area contributed by atoms with Crippen molar-refractivity contribution in [2.75, 3.05) is 12.3 Å². The fraction of sp³-hybridized carbons (Fsp3) is 0.583. The Balaban J connectivity index is 2.36. The summed E-state index contributed by atoms with van der Waals surface area (Å²) in [5.74, 6) is 1.37. The van der Waals surface area contributed by atoms with Crippen LogP contribution in [0, 0.1) is 0 Å². The molecule has 0 bridgehead atoms. The van der Waals surface area contributed by atoms with E-state index in [2.05, 4.69) is 15.2 Å². The van der Waals surface area contributed by atoms with Gasteiger partial charge in [-0.3, -0.25) is 4.68 Å². The van der Waals surface area contributed by atoms with Crippen LogP contribution in [0.4, 0.5) is 5.82 Å². The quantitative estimate of drug-likeness (QED) is 0.884. The molecular formula is C12H19N5O2. The molecule has 2 rings (SSSR count). The van der Waals surface area contributed by atoms with Gasteiger partial charge in [0.25, 0.3) is 5.89 Å². The van der Waals surface area contributed by atoms with E-state index >= 15 is 0 Å². The number of nitrogens with zero attached hydrogens (tertiary/aromatic N) is 4. The largest absolute Gasteiger partial charge is 0.383 e. The number of rotatable bonds is 5. The lowest BCUT2D eigenvalue weighted by Gasteiger charge is -2.23. The summed E-state index contributed by atoms with van der Waals surface area (Å²) >= 11 is 0. The summed E-state index contributed by atoms with van der Waals surface area (Å²) in [4.78, 5) is 4.38. The van der Waals surface area contributed by atoms with Gasteiger partial charge >= 0.3 is 0 Å². The van der Waals surface area contributed by atoms with E-state index in [0.29, 0.717) is 29.7 Å². The van der Waals surface area contributed by atoms with Crippen LogP contribution < -0.4 is 5.73 Å². The highest BCUT2D eigenvalue weighted by Crippen LogP contribution is 2.30. The van der Waals surface area contributed by atoms with Crippen LogP contribution in [0.1, 0.15) is 33.0 Å². The topological polar surface area (TPSA) is 92.0 Å². The number of anilines is 1. The molecule has 0 fully saturated rings. The molecule has 7 nitrogen and oxygen atoms in total. The third kappa shape index (κ3) is 2.33. The zero-order valence-corrected chi connectivity index (χ0v) is 11.7. The Kier molecular flexibility index (Phi) is 3.57. The van der Waals surface area contributed by atoms with E-state index in [4.69, 9.17) is 15.0 Å². The van der Waals surface area contributed by atoms with Gasteiger partial charge in [0.2, 0.25) is 5.82 Å². The number of nitrogen functional groups attached to an aromatic ring is 1. The van der Waals surface area contributed by atoms with Gasteiger partial charge < -0.3 is 15.0 Å². The van der Waals surface area contributed by atoms with E-state index in [1.807, 2.05) is 20.8 Å². The number of aromatic nitrogens is 4. The maximum absolute atomic E-state index is 5.89. The summed E-state index contributed by atoms with van der Waals surface area (Å²) in [5.41, 5.74) is 5.97. The molecule has 0 radical (unpaired) electrons. The molecule has 7 heteroatoms. The number of nitrogens with two attached hydrogens (primary N) is 1. The average molecular weight is 265 g/mol. The van der Waals surface area contributed by atoms with E-state index in [1.165, 1.54) is 0 Å². The van der Waals surface area contributed by atoms with Crippen molar-refractivity contribution in [3.8, 4) is 11.5 Å². The molecule has 19 heavy (non-hydrogen) atoms. The molecule has 2 N–H and O–H groups in total. The molecule has 1 atom stereocenters. The van der Waals surface area contributed by atoms with Crippen LogP contribution >= 0.6 is 0 Å². The first kappa shape index (κ1) is 13.5. The lowest BCUT2D eigenvalue weighted by Crippen LogP contribution is -2.26. The van der Waals surface area contributed by atoms with Crippen molar-refractivity contribution in [1.29, 1.82) is 0 Å². The molecule has 1 unspecified atom stereocenters. The predicted octanol–water partition coefficient (Wildman–Crippen LogP) is 1.71. The normalized spacial score (nSPS) is 14.5. The first-order valence-corrected chi connectivity index (χ1v) is 6.27. The number of hydrogen-bond donors (Lipinski definition) is 1. The second-order valence-electron chi connectivity index (χ2n) is 4.51. The molecule has 2 heterocycles. The Morgan fingerprint density at radius 3 is 2.74 bits per heavy atom. The minimum Gasteiger partial charge on any atom is -0.383 e. The Labute approximate surface area is 111 Å². The summed E-state index contributed by atoms with van der Waals surface area (Å²) in [5, 5.41) is 8.05. The highest BCUT2D eigenvalue weighted by molar-refractivity contribution is 5.66. The van der Waals surface area contributed by atoms with Gasteiger partial charge in [0.1, 0.15) is 17.0 Å². The second kappa shape index (κ2) is 5.00. The number of hydrogen-bond acceptors (Lipinski definition) is 6. The van der Waals surface area contributed by atoms with Crippen molar-refractivity contribution >= 4 is 5.82 Å². The number of aryl methyl sites for hydroxylation is 1. The molecule has 104 valence electrons. The third-order valence-electron chi connectivity index (χ3n) is 3.25. The Hall–Kier alpha value is -1.89. The predicted molar refractivity (Wildman–Crippen MR) is 70.2 cm³/mol. The fourth-order valence-electron chi connectivity index (χ4n) is 1.80. The van der Waals surface area contributed by atoms with Crippen LogP contribution in [-0.2, 0) is 17.4 Å². The summed E-state index contributed by atoms with van der Waals surface area (Å²) in [6, 6.07) is 0. The zero-order valence-electron chi connectivity index (χ0n) is 11.7. The maximum atomic E-state index is 5.89. The van der Waals surface area contributed by atoms with E-state index < -0.39 is 5.60 Å². The Morgan fingerprint density at radius 1 is 1.47 bits per heavy atom. The lowest BCUT2D eigenvalue weighted by atomic mass is 10.0. The molecule has 2 aromatic heterocycles. The molecule has 0 amide bonds. The Bertz CT molecular complexity index is 562. The smallest absolute Gasteiger partial charge is 0.263 e. The van der Waals surface area contributed by atoms with E-state index in [1.54, 1.807) is 17.9 Å². The van der Waals surface area contributed by atoms with Crippen LogP contribution in [0.25, 0.3) is 11.5 Å². The minimum absolute atomic E-state index is 0.361. The van der Waals surface area contributed by atoms with Crippen LogP contribution in [0.5, 0.6) is 0 Å². The number of ether oxygens (including phenoxy) is 1. The molecule has 2 aromatic rings. The Morgan fingerprint density at radius 2 is 2.21 bits per heavy atom. The van der Waals surface area contributed by atoms with Crippen molar-refractivity contribution in [3.63, 3.8) is 0 Å². The third-order valence-corrected chi connectivity index (χ3v) is 3.25. The highest BCUT2D eigenvalue weighted by Gasteiger charge is 2.31. The maximum Gasteiger partial charge on any atom is 0.263 e. The van der Waals surface area contributed by atoms with Gasteiger partial charge in [0, 0.05) is 13.7 Å². The fourth-order valence-corrected chi connectivity index (χ4v) is 1.80. The molecule has 0 saturated heterocycles. The second-order valence-corrected chi connectivity index (χ2v) is 4.51. The molecule has 0 aliphatic heterocycles.